The topological polar surface area (TPSA) is 66.6 Å². The van der Waals surface area contributed by atoms with Crippen molar-refractivity contribution in [1.82, 2.24) is 4.98 Å². The average Bonchev–Trinajstić information content (AvgIpc) is 2.97. The zero-order valence-corrected chi connectivity index (χ0v) is 10.9. The molecule has 0 atom stereocenters. The standard InChI is InChI=1S/C13H20N2O3/c1-9(2)7-15(10-5-3-4-6-10)13-14-11(8-18-13)12(16)17/h8-10H,3-7H2,1-2H3,(H,16,17). The number of nitrogens with zero attached hydrogens (tertiary/aromatic N) is 2. The Morgan fingerprint density at radius 2 is 2.22 bits per heavy atom. The summed E-state index contributed by atoms with van der Waals surface area (Å²) in [4.78, 5) is 17.0. The number of aromatic nitrogens is 1. The highest BCUT2D eigenvalue weighted by atomic mass is 16.4. The van der Waals surface area contributed by atoms with Crippen LogP contribution in [0.5, 0.6) is 0 Å². The minimum absolute atomic E-state index is 0.0169. The number of anilines is 1. The second-order valence-corrected chi connectivity index (χ2v) is 5.30. The summed E-state index contributed by atoms with van der Waals surface area (Å²) in [6.07, 6.45) is 5.95. The van der Waals surface area contributed by atoms with Gasteiger partial charge in [0.2, 0.25) is 0 Å². The molecule has 1 saturated carbocycles. The van der Waals surface area contributed by atoms with Crippen molar-refractivity contribution in [2.45, 2.75) is 45.6 Å². The molecule has 1 aliphatic carbocycles. The van der Waals surface area contributed by atoms with Crippen LogP contribution >= 0.6 is 0 Å². The highest BCUT2D eigenvalue weighted by Crippen LogP contribution is 2.28. The predicted molar refractivity (Wildman–Crippen MR) is 67.9 cm³/mol. The van der Waals surface area contributed by atoms with Crippen LogP contribution in [-0.2, 0) is 0 Å². The molecule has 2 rings (SSSR count). The number of oxazole rings is 1. The molecule has 0 bridgehead atoms. The molecule has 1 aromatic heterocycles. The molecule has 0 unspecified atom stereocenters. The molecule has 1 heterocycles. The van der Waals surface area contributed by atoms with Crippen LogP contribution in [0.25, 0.3) is 0 Å². The van der Waals surface area contributed by atoms with E-state index in [0.717, 1.165) is 19.4 Å². The smallest absolute Gasteiger partial charge is 0.357 e. The van der Waals surface area contributed by atoms with Crippen molar-refractivity contribution in [3.63, 3.8) is 0 Å². The predicted octanol–water partition coefficient (Wildman–Crippen LogP) is 2.78. The summed E-state index contributed by atoms with van der Waals surface area (Å²) in [6, 6.07) is 0.890. The van der Waals surface area contributed by atoms with Crippen molar-refractivity contribution in [2.24, 2.45) is 5.92 Å². The highest BCUT2D eigenvalue weighted by Gasteiger charge is 2.27. The molecule has 0 amide bonds. The normalized spacial score (nSPS) is 16.4. The largest absolute Gasteiger partial charge is 0.476 e. The van der Waals surface area contributed by atoms with Crippen LogP contribution in [0.4, 0.5) is 6.01 Å². The van der Waals surface area contributed by atoms with E-state index in [2.05, 4.69) is 23.7 Å². The maximum Gasteiger partial charge on any atom is 0.357 e. The molecule has 5 nitrogen and oxygen atoms in total. The zero-order chi connectivity index (χ0) is 13.1. The Kier molecular flexibility index (Phi) is 3.89. The average molecular weight is 252 g/mol. The van der Waals surface area contributed by atoms with Gasteiger partial charge in [-0.2, -0.15) is 4.98 Å². The van der Waals surface area contributed by atoms with Crippen LogP contribution in [0.3, 0.4) is 0 Å². The minimum Gasteiger partial charge on any atom is -0.476 e. The maximum atomic E-state index is 10.8. The van der Waals surface area contributed by atoms with Crippen LogP contribution in [-0.4, -0.2) is 28.6 Å². The molecular formula is C13H20N2O3. The van der Waals surface area contributed by atoms with Gasteiger partial charge in [0.25, 0.3) is 6.01 Å². The lowest BCUT2D eigenvalue weighted by molar-refractivity contribution is 0.0690. The highest BCUT2D eigenvalue weighted by molar-refractivity contribution is 5.85. The van der Waals surface area contributed by atoms with Gasteiger partial charge in [-0.25, -0.2) is 4.79 Å². The number of aromatic carboxylic acids is 1. The Balaban J connectivity index is 2.18. The molecule has 1 N–H and O–H groups in total. The van der Waals surface area contributed by atoms with Gasteiger partial charge in [0.15, 0.2) is 5.69 Å². The quantitative estimate of drug-likeness (QED) is 0.872. The summed E-state index contributed by atoms with van der Waals surface area (Å²) in [6.45, 7) is 5.14. The Morgan fingerprint density at radius 3 is 2.72 bits per heavy atom. The van der Waals surface area contributed by atoms with Gasteiger partial charge in [0, 0.05) is 12.6 Å². The first-order valence-corrected chi connectivity index (χ1v) is 6.53. The third kappa shape index (κ3) is 2.83. The van der Waals surface area contributed by atoms with Crippen LogP contribution in [0.15, 0.2) is 10.7 Å². The first-order chi connectivity index (χ1) is 8.58. The van der Waals surface area contributed by atoms with Gasteiger partial charge < -0.3 is 14.4 Å². The lowest BCUT2D eigenvalue weighted by atomic mass is 10.1. The van der Waals surface area contributed by atoms with Crippen LogP contribution < -0.4 is 4.90 Å². The Hall–Kier alpha value is -1.52. The van der Waals surface area contributed by atoms with Crippen molar-refractivity contribution in [2.75, 3.05) is 11.4 Å². The van der Waals surface area contributed by atoms with E-state index >= 15 is 0 Å². The van der Waals surface area contributed by atoms with E-state index in [1.807, 2.05) is 0 Å². The maximum absolute atomic E-state index is 10.8. The number of carboxylic acids is 1. The van der Waals surface area contributed by atoms with Gasteiger partial charge in [0.1, 0.15) is 6.26 Å². The lowest BCUT2D eigenvalue weighted by Gasteiger charge is -2.28. The van der Waals surface area contributed by atoms with Crippen LogP contribution in [0, 0.1) is 5.92 Å². The van der Waals surface area contributed by atoms with Crippen molar-refractivity contribution >= 4 is 12.0 Å². The molecular weight excluding hydrogens is 232 g/mol. The Labute approximate surface area is 107 Å². The summed E-state index contributed by atoms with van der Waals surface area (Å²) in [5.74, 6) is -0.549. The molecule has 1 aromatic rings. The van der Waals surface area contributed by atoms with E-state index in [4.69, 9.17) is 9.52 Å². The number of carbonyl (C=O) groups is 1. The number of rotatable bonds is 5. The van der Waals surface area contributed by atoms with Gasteiger partial charge in [-0.05, 0) is 18.8 Å². The summed E-state index contributed by atoms with van der Waals surface area (Å²) < 4.78 is 5.34. The molecule has 100 valence electrons. The molecule has 1 fully saturated rings. The summed E-state index contributed by atoms with van der Waals surface area (Å²) in [7, 11) is 0. The molecule has 5 heteroatoms. The molecule has 0 spiro atoms. The zero-order valence-electron chi connectivity index (χ0n) is 10.9. The molecule has 0 saturated heterocycles. The van der Waals surface area contributed by atoms with E-state index in [1.165, 1.54) is 19.1 Å². The van der Waals surface area contributed by atoms with Gasteiger partial charge >= 0.3 is 5.97 Å². The third-order valence-electron chi connectivity index (χ3n) is 3.28. The second-order valence-electron chi connectivity index (χ2n) is 5.30. The summed E-state index contributed by atoms with van der Waals surface area (Å²) in [5, 5.41) is 8.89. The monoisotopic (exact) mass is 252 g/mol. The molecule has 1 aliphatic rings. The molecule has 18 heavy (non-hydrogen) atoms. The fourth-order valence-electron chi connectivity index (χ4n) is 2.49. The SMILES string of the molecule is CC(C)CN(c1nc(C(=O)O)co1)C1CCCC1. The second kappa shape index (κ2) is 5.42. The van der Waals surface area contributed by atoms with Gasteiger partial charge in [-0.1, -0.05) is 26.7 Å². The van der Waals surface area contributed by atoms with Crippen LogP contribution in [0.1, 0.15) is 50.0 Å². The van der Waals surface area contributed by atoms with Crippen LogP contribution in [0.2, 0.25) is 0 Å². The number of hydrogen-bond donors (Lipinski definition) is 1. The summed E-state index contributed by atoms with van der Waals surface area (Å²) in [5.41, 5.74) is -0.0169. The first-order valence-electron chi connectivity index (χ1n) is 6.53. The fourth-order valence-corrected chi connectivity index (χ4v) is 2.49. The van der Waals surface area contributed by atoms with Crippen molar-refractivity contribution in [1.29, 1.82) is 0 Å². The van der Waals surface area contributed by atoms with Gasteiger partial charge in [-0.3, -0.25) is 0 Å². The lowest BCUT2D eigenvalue weighted by Crippen LogP contribution is -2.36. The van der Waals surface area contributed by atoms with E-state index in [9.17, 15) is 4.79 Å². The van der Waals surface area contributed by atoms with E-state index in [-0.39, 0.29) is 5.69 Å². The minimum atomic E-state index is -1.04. The number of hydrogen-bond acceptors (Lipinski definition) is 4. The summed E-state index contributed by atoms with van der Waals surface area (Å²) >= 11 is 0. The third-order valence-corrected chi connectivity index (χ3v) is 3.28. The van der Waals surface area contributed by atoms with Gasteiger partial charge in [0.05, 0.1) is 0 Å². The first kappa shape index (κ1) is 12.9. The molecule has 0 aromatic carbocycles. The fraction of sp³-hybridized carbons (Fsp3) is 0.692. The molecule has 0 aliphatic heterocycles. The van der Waals surface area contributed by atoms with E-state index in [1.54, 1.807) is 0 Å². The Bertz CT molecular complexity index is 408. The van der Waals surface area contributed by atoms with E-state index < -0.39 is 5.97 Å². The van der Waals surface area contributed by atoms with E-state index in [0.29, 0.717) is 18.0 Å². The van der Waals surface area contributed by atoms with Crippen molar-refractivity contribution < 1.29 is 14.3 Å². The molecule has 0 radical (unpaired) electrons. The van der Waals surface area contributed by atoms with Crippen molar-refractivity contribution in [3.8, 4) is 0 Å². The van der Waals surface area contributed by atoms with Crippen molar-refractivity contribution in [3.05, 3.63) is 12.0 Å². The number of carboxylic acid groups (broad SMARTS) is 1. The Morgan fingerprint density at radius 1 is 1.56 bits per heavy atom. The van der Waals surface area contributed by atoms with Gasteiger partial charge in [-0.15, -0.1) is 0 Å².